The van der Waals surface area contributed by atoms with Crippen LogP contribution in [0.1, 0.15) is 31.7 Å². The standard InChI is InChI=1S/C25H35FN8/c1-2-31-14-16-33(17-15-31)23-22-24(34(19-28-22)13-5-12-32-10-3-4-11-32)30-25(29-23)27-18-20-6-8-21(26)9-7-20/h6-9,19H,2-5,10-18H2,1H3,(H,27,29,30). The van der Waals surface area contributed by atoms with Crippen LogP contribution in [0.3, 0.4) is 0 Å². The molecule has 0 aliphatic carbocycles. The number of hydrogen-bond acceptors (Lipinski definition) is 7. The number of likely N-dealkylation sites (N-methyl/N-ethyl adjacent to an activating group) is 1. The third-order valence-corrected chi connectivity index (χ3v) is 7.00. The molecule has 1 aromatic carbocycles. The Bertz CT molecular complexity index is 1070. The number of benzene rings is 1. The summed E-state index contributed by atoms with van der Waals surface area (Å²) in [5.41, 5.74) is 2.74. The summed E-state index contributed by atoms with van der Waals surface area (Å²) in [5.74, 6) is 1.26. The topological polar surface area (TPSA) is 65.3 Å². The third-order valence-electron chi connectivity index (χ3n) is 7.00. The molecule has 0 radical (unpaired) electrons. The fourth-order valence-electron chi connectivity index (χ4n) is 4.92. The van der Waals surface area contributed by atoms with Crippen LogP contribution in [-0.2, 0) is 13.1 Å². The van der Waals surface area contributed by atoms with Gasteiger partial charge in [-0.15, -0.1) is 0 Å². The number of imidazole rings is 1. The van der Waals surface area contributed by atoms with Crippen LogP contribution in [0.15, 0.2) is 30.6 Å². The van der Waals surface area contributed by atoms with Crippen LogP contribution in [0.4, 0.5) is 16.2 Å². The molecule has 1 N–H and O–H groups in total. The summed E-state index contributed by atoms with van der Waals surface area (Å²) < 4.78 is 15.4. The summed E-state index contributed by atoms with van der Waals surface area (Å²) in [6.07, 6.45) is 5.63. The lowest BCUT2D eigenvalue weighted by Gasteiger charge is -2.34. The molecule has 182 valence electrons. The zero-order chi connectivity index (χ0) is 23.3. The van der Waals surface area contributed by atoms with Crippen molar-refractivity contribution in [3.8, 4) is 0 Å². The molecule has 5 rings (SSSR count). The Hall–Kier alpha value is -2.78. The van der Waals surface area contributed by atoms with E-state index in [9.17, 15) is 4.39 Å². The minimum absolute atomic E-state index is 0.229. The van der Waals surface area contributed by atoms with Crippen LogP contribution in [-0.4, -0.2) is 81.7 Å². The van der Waals surface area contributed by atoms with Gasteiger partial charge in [-0.05, 0) is 63.1 Å². The van der Waals surface area contributed by atoms with Crippen molar-refractivity contribution in [3.05, 3.63) is 42.0 Å². The van der Waals surface area contributed by atoms with Gasteiger partial charge in [0, 0.05) is 39.3 Å². The fraction of sp³-hybridized carbons (Fsp3) is 0.560. The highest BCUT2D eigenvalue weighted by Gasteiger charge is 2.22. The van der Waals surface area contributed by atoms with Gasteiger partial charge in [0.1, 0.15) is 5.82 Å². The van der Waals surface area contributed by atoms with Crippen molar-refractivity contribution in [2.24, 2.45) is 0 Å². The van der Waals surface area contributed by atoms with E-state index in [0.29, 0.717) is 12.5 Å². The van der Waals surface area contributed by atoms with Gasteiger partial charge in [0.05, 0.1) is 6.33 Å². The van der Waals surface area contributed by atoms with Gasteiger partial charge in [0.15, 0.2) is 17.0 Å². The number of aryl methyl sites for hydroxylation is 1. The summed E-state index contributed by atoms with van der Waals surface area (Å²) in [6.45, 7) is 12.2. The van der Waals surface area contributed by atoms with E-state index >= 15 is 0 Å². The van der Waals surface area contributed by atoms with E-state index in [4.69, 9.17) is 15.0 Å². The van der Waals surface area contributed by atoms with E-state index in [1.54, 1.807) is 12.1 Å². The van der Waals surface area contributed by atoms with Crippen molar-refractivity contribution < 1.29 is 4.39 Å². The molecule has 4 heterocycles. The summed E-state index contributed by atoms with van der Waals surface area (Å²) in [7, 11) is 0. The number of nitrogens with zero attached hydrogens (tertiary/aromatic N) is 7. The van der Waals surface area contributed by atoms with E-state index < -0.39 is 0 Å². The second-order valence-corrected chi connectivity index (χ2v) is 9.28. The molecule has 2 aromatic heterocycles. The lowest BCUT2D eigenvalue weighted by Crippen LogP contribution is -2.46. The van der Waals surface area contributed by atoms with Crippen LogP contribution in [0.5, 0.6) is 0 Å². The molecule has 0 atom stereocenters. The Labute approximate surface area is 200 Å². The third kappa shape index (κ3) is 5.31. The molecular weight excluding hydrogens is 431 g/mol. The highest BCUT2D eigenvalue weighted by molar-refractivity contribution is 5.85. The number of piperazine rings is 1. The zero-order valence-electron chi connectivity index (χ0n) is 20.1. The first kappa shape index (κ1) is 23.0. The summed E-state index contributed by atoms with van der Waals surface area (Å²) in [5, 5.41) is 3.36. The molecule has 2 aliphatic heterocycles. The summed E-state index contributed by atoms with van der Waals surface area (Å²) in [4.78, 5) is 21.8. The van der Waals surface area contributed by atoms with Gasteiger partial charge in [0.25, 0.3) is 0 Å². The van der Waals surface area contributed by atoms with E-state index in [2.05, 4.69) is 31.5 Å². The molecule has 0 unspecified atom stereocenters. The first-order chi connectivity index (χ1) is 16.7. The van der Waals surface area contributed by atoms with Gasteiger partial charge in [-0.2, -0.15) is 9.97 Å². The van der Waals surface area contributed by atoms with Crippen molar-refractivity contribution >= 4 is 22.9 Å². The Balaban J connectivity index is 1.37. The minimum atomic E-state index is -0.229. The number of hydrogen-bond donors (Lipinski definition) is 1. The maximum Gasteiger partial charge on any atom is 0.227 e. The van der Waals surface area contributed by atoms with Gasteiger partial charge < -0.3 is 24.6 Å². The molecule has 3 aromatic rings. The van der Waals surface area contributed by atoms with Crippen LogP contribution in [0.25, 0.3) is 11.2 Å². The molecule has 9 heteroatoms. The lowest BCUT2D eigenvalue weighted by atomic mass is 10.2. The SMILES string of the molecule is CCN1CCN(c2nc(NCc3ccc(F)cc3)nc3c2ncn3CCCN2CCCC2)CC1. The number of likely N-dealkylation sites (tertiary alicyclic amines) is 1. The number of fused-ring (bicyclic) bond motifs is 1. The lowest BCUT2D eigenvalue weighted by molar-refractivity contribution is 0.271. The van der Waals surface area contributed by atoms with Crippen molar-refractivity contribution in [2.45, 2.75) is 39.3 Å². The maximum atomic E-state index is 13.3. The van der Waals surface area contributed by atoms with Crippen LogP contribution in [0.2, 0.25) is 0 Å². The van der Waals surface area contributed by atoms with Crippen molar-refractivity contribution in [2.75, 3.05) is 62.6 Å². The van der Waals surface area contributed by atoms with Crippen molar-refractivity contribution in [1.82, 2.24) is 29.3 Å². The maximum absolute atomic E-state index is 13.3. The molecule has 2 fully saturated rings. The van der Waals surface area contributed by atoms with E-state index in [-0.39, 0.29) is 5.82 Å². The second kappa shape index (κ2) is 10.7. The average molecular weight is 467 g/mol. The minimum Gasteiger partial charge on any atom is -0.352 e. The quantitative estimate of drug-likeness (QED) is 0.520. The predicted octanol–water partition coefficient (Wildman–Crippen LogP) is 3.21. The second-order valence-electron chi connectivity index (χ2n) is 9.28. The van der Waals surface area contributed by atoms with Crippen LogP contribution in [0, 0.1) is 5.82 Å². The van der Waals surface area contributed by atoms with Crippen molar-refractivity contribution in [3.63, 3.8) is 0 Å². The smallest absolute Gasteiger partial charge is 0.227 e. The van der Waals surface area contributed by atoms with Crippen LogP contribution >= 0.6 is 0 Å². The van der Waals surface area contributed by atoms with Gasteiger partial charge in [-0.3, -0.25) is 0 Å². The largest absolute Gasteiger partial charge is 0.352 e. The number of nitrogens with one attached hydrogen (secondary N) is 1. The van der Waals surface area contributed by atoms with Crippen LogP contribution < -0.4 is 10.2 Å². The van der Waals surface area contributed by atoms with E-state index in [0.717, 1.165) is 74.8 Å². The highest BCUT2D eigenvalue weighted by atomic mass is 19.1. The molecule has 0 amide bonds. The normalized spacial score (nSPS) is 17.6. The molecular formula is C25H35FN8. The molecule has 0 saturated carbocycles. The Morgan fingerprint density at radius 2 is 1.68 bits per heavy atom. The Morgan fingerprint density at radius 3 is 2.41 bits per heavy atom. The van der Waals surface area contributed by atoms with Gasteiger partial charge >= 0.3 is 0 Å². The monoisotopic (exact) mass is 466 g/mol. The first-order valence-corrected chi connectivity index (χ1v) is 12.6. The number of anilines is 2. The fourth-order valence-corrected chi connectivity index (χ4v) is 4.92. The molecule has 34 heavy (non-hydrogen) atoms. The predicted molar refractivity (Wildman–Crippen MR) is 134 cm³/mol. The van der Waals surface area contributed by atoms with Crippen molar-refractivity contribution in [1.29, 1.82) is 0 Å². The van der Waals surface area contributed by atoms with Gasteiger partial charge in [0.2, 0.25) is 5.95 Å². The van der Waals surface area contributed by atoms with Gasteiger partial charge in [-0.25, -0.2) is 9.37 Å². The molecule has 0 spiro atoms. The van der Waals surface area contributed by atoms with E-state index in [1.165, 1.54) is 38.1 Å². The molecule has 8 nitrogen and oxygen atoms in total. The Morgan fingerprint density at radius 1 is 0.912 bits per heavy atom. The van der Waals surface area contributed by atoms with Gasteiger partial charge in [-0.1, -0.05) is 19.1 Å². The molecule has 2 saturated heterocycles. The van der Waals surface area contributed by atoms with E-state index in [1.807, 2.05) is 6.33 Å². The average Bonchev–Trinajstić information content (AvgIpc) is 3.54. The molecule has 0 bridgehead atoms. The highest BCUT2D eigenvalue weighted by Crippen LogP contribution is 2.26. The summed E-state index contributed by atoms with van der Waals surface area (Å²) >= 11 is 0. The Kier molecular flexibility index (Phi) is 7.20. The molecule has 2 aliphatic rings. The summed E-state index contributed by atoms with van der Waals surface area (Å²) in [6, 6.07) is 6.53. The number of halogens is 1. The number of aromatic nitrogens is 4. The number of rotatable bonds is 9. The zero-order valence-corrected chi connectivity index (χ0v) is 20.1. The first-order valence-electron chi connectivity index (χ1n) is 12.6.